The number of nitrogens with zero attached hydrogens (tertiary/aromatic N) is 3. The number of rotatable bonds is 2. The number of aryl methyl sites for hydroxylation is 1. The molecule has 2 rings (SSSR count). The Morgan fingerprint density at radius 3 is 2.74 bits per heavy atom. The Hall–Kier alpha value is -1.85. The van der Waals surface area contributed by atoms with Gasteiger partial charge in [0.25, 0.3) is 0 Å². The van der Waals surface area contributed by atoms with E-state index in [9.17, 15) is 9.59 Å². The van der Waals surface area contributed by atoms with Crippen LogP contribution in [0.3, 0.4) is 0 Å². The quantitative estimate of drug-likeness (QED) is 0.842. The van der Waals surface area contributed by atoms with Crippen molar-refractivity contribution in [3.05, 3.63) is 18.0 Å². The van der Waals surface area contributed by atoms with Gasteiger partial charge in [-0.1, -0.05) is 0 Å². The fourth-order valence-electron chi connectivity index (χ4n) is 2.37. The van der Waals surface area contributed by atoms with E-state index in [1.54, 1.807) is 29.6 Å². The van der Waals surface area contributed by atoms with Gasteiger partial charge in [-0.25, -0.2) is 0 Å². The van der Waals surface area contributed by atoms with Crippen LogP contribution in [-0.4, -0.2) is 38.1 Å². The van der Waals surface area contributed by atoms with Gasteiger partial charge in [-0.2, -0.15) is 5.10 Å². The molecule has 1 N–H and O–H groups in total. The first-order chi connectivity index (χ1) is 8.79. The Balaban J connectivity index is 2.25. The summed E-state index contributed by atoms with van der Waals surface area (Å²) in [6, 6.07) is -0.116. The average Bonchev–Trinajstić information content (AvgIpc) is 2.66. The molecular formula is C13H20N4O2. The zero-order valence-corrected chi connectivity index (χ0v) is 11.8. The van der Waals surface area contributed by atoms with Gasteiger partial charge < -0.3 is 10.2 Å². The lowest BCUT2D eigenvalue weighted by Crippen LogP contribution is -2.53. The van der Waals surface area contributed by atoms with Crippen LogP contribution in [0.4, 0.5) is 0 Å². The van der Waals surface area contributed by atoms with Crippen molar-refractivity contribution in [2.45, 2.75) is 45.3 Å². The third kappa shape index (κ3) is 2.77. The van der Waals surface area contributed by atoms with Crippen LogP contribution >= 0.6 is 0 Å². The smallest absolute Gasteiger partial charge is 0.248 e. The van der Waals surface area contributed by atoms with E-state index in [4.69, 9.17) is 0 Å². The van der Waals surface area contributed by atoms with Crippen LogP contribution < -0.4 is 5.32 Å². The summed E-state index contributed by atoms with van der Waals surface area (Å²) in [5, 5.41) is 6.87. The Kier molecular flexibility index (Phi) is 3.34. The molecule has 0 bridgehead atoms. The standard InChI is InChI=1S/C13H20N4O2/c1-9-5-11(18)15-13(2,3)12(19)17(9)8-10-6-14-16(4)7-10/h6-7,9H,5,8H2,1-4H3,(H,15,18). The lowest BCUT2D eigenvalue weighted by molar-refractivity contribution is -0.139. The van der Waals surface area contributed by atoms with Crippen molar-refractivity contribution in [2.24, 2.45) is 7.05 Å². The Labute approximate surface area is 112 Å². The van der Waals surface area contributed by atoms with E-state index in [1.165, 1.54) is 0 Å². The molecule has 1 aliphatic rings. The highest BCUT2D eigenvalue weighted by molar-refractivity contribution is 5.93. The molecule has 6 heteroatoms. The average molecular weight is 264 g/mol. The Bertz CT molecular complexity index is 506. The monoisotopic (exact) mass is 264 g/mol. The summed E-state index contributed by atoms with van der Waals surface area (Å²) in [6.07, 6.45) is 3.95. The molecule has 1 unspecified atom stereocenters. The number of hydrogen-bond donors (Lipinski definition) is 1. The van der Waals surface area contributed by atoms with Crippen molar-refractivity contribution >= 4 is 11.8 Å². The van der Waals surface area contributed by atoms with Gasteiger partial charge in [-0.15, -0.1) is 0 Å². The molecule has 1 saturated heterocycles. The number of carbonyl (C=O) groups excluding carboxylic acids is 2. The van der Waals surface area contributed by atoms with Crippen molar-refractivity contribution in [1.29, 1.82) is 0 Å². The fraction of sp³-hybridized carbons (Fsp3) is 0.615. The second-order valence-electron chi connectivity index (χ2n) is 5.68. The fourth-order valence-corrected chi connectivity index (χ4v) is 2.37. The van der Waals surface area contributed by atoms with Crippen molar-refractivity contribution in [1.82, 2.24) is 20.0 Å². The summed E-state index contributed by atoms with van der Waals surface area (Å²) in [5.41, 5.74) is 0.109. The SMILES string of the molecule is CC1CC(=O)NC(C)(C)C(=O)N1Cc1cnn(C)c1. The summed E-state index contributed by atoms with van der Waals surface area (Å²) in [7, 11) is 1.84. The van der Waals surface area contributed by atoms with Gasteiger partial charge in [0.15, 0.2) is 0 Å². The first-order valence-corrected chi connectivity index (χ1v) is 6.39. The number of carbonyl (C=O) groups is 2. The van der Waals surface area contributed by atoms with Gasteiger partial charge in [0.2, 0.25) is 11.8 Å². The molecule has 6 nitrogen and oxygen atoms in total. The van der Waals surface area contributed by atoms with Crippen LogP contribution in [0.5, 0.6) is 0 Å². The minimum absolute atomic E-state index is 0.0605. The van der Waals surface area contributed by atoms with Crippen LogP contribution in [0.1, 0.15) is 32.8 Å². The summed E-state index contributed by atoms with van der Waals surface area (Å²) in [4.78, 5) is 26.0. The van der Waals surface area contributed by atoms with Gasteiger partial charge in [-0.3, -0.25) is 14.3 Å². The third-order valence-electron chi connectivity index (χ3n) is 3.37. The van der Waals surface area contributed by atoms with E-state index in [2.05, 4.69) is 10.4 Å². The molecule has 1 fully saturated rings. The van der Waals surface area contributed by atoms with Crippen molar-refractivity contribution in [2.75, 3.05) is 0 Å². The summed E-state index contributed by atoms with van der Waals surface area (Å²) < 4.78 is 1.71. The highest BCUT2D eigenvalue weighted by Gasteiger charge is 2.39. The number of hydrogen-bond acceptors (Lipinski definition) is 3. The summed E-state index contributed by atoms with van der Waals surface area (Å²) in [6.45, 7) is 5.85. The normalized spacial score (nSPS) is 23.2. The maximum Gasteiger partial charge on any atom is 0.248 e. The predicted octanol–water partition coefficient (Wildman–Crippen LogP) is 0.436. The van der Waals surface area contributed by atoms with Crippen molar-refractivity contribution in [3.63, 3.8) is 0 Å². The first-order valence-electron chi connectivity index (χ1n) is 6.39. The van der Waals surface area contributed by atoms with E-state index in [1.807, 2.05) is 20.2 Å². The third-order valence-corrected chi connectivity index (χ3v) is 3.37. The van der Waals surface area contributed by atoms with E-state index >= 15 is 0 Å². The minimum atomic E-state index is -0.857. The molecule has 104 valence electrons. The minimum Gasteiger partial charge on any atom is -0.342 e. The number of aromatic nitrogens is 2. The van der Waals surface area contributed by atoms with E-state index in [0.717, 1.165) is 5.56 Å². The first kappa shape index (κ1) is 13.6. The number of amides is 2. The molecule has 1 atom stereocenters. The maximum absolute atomic E-state index is 12.5. The van der Waals surface area contributed by atoms with E-state index < -0.39 is 5.54 Å². The molecule has 2 amide bonds. The van der Waals surface area contributed by atoms with Gasteiger partial charge in [0, 0.05) is 37.8 Å². The van der Waals surface area contributed by atoms with Gasteiger partial charge in [-0.05, 0) is 20.8 Å². The molecular weight excluding hydrogens is 244 g/mol. The molecule has 2 heterocycles. The topological polar surface area (TPSA) is 67.2 Å². The predicted molar refractivity (Wildman–Crippen MR) is 70.1 cm³/mol. The van der Waals surface area contributed by atoms with Crippen LogP contribution in [-0.2, 0) is 23.2 Å². The molecule has 1 aromatic rings. The van der Waals surface area contributed by atoms with Crippen molar-refractivity contribution in [3.8, 4) is 0 Å². The largest absolute Gasteiger partial charge is 0.342 e. The van der Waals surface area contributed by atoms with Crippen molar-refractivity contribution < 1.29 is 9.59 Å². The maximum atomic E-state index is 12.5. The molecule has 1 aromatic heterocycles. The number of nitrogens with one attached hydrogen (secondary N) is 1. The lowest BCUT2D eigenvalue weighted by Gasteiger charge is -2.31. The highest BCUT2D eigenvalue weighted by atomic mass is 16.2. The highest BCUT2D eigenvalue weighted by Crippen LogP contribution is 2.20. The molecule has 1 aliphatic heterocycles. The van der Waals surface area contributed by atoms with E-state index in [0.29, 0.717) is 13.0 Å². The molecule has 19 heavy (non-hydrogen) atoms. The van der Waals surface area contributed by atoms with Gasteiger partial charge in [0.05, 0.1) is 6.20 Å². The summed E-state index contributed by atoms with van der Waals surface area (Å²) >= 11 is 0. The zero-order valence-electron chi connectivity index (χ0n) is 11.8. The molecule has 0 aromatic carbocycles. The van der Waals surface area contributed by atoms with Gasteiger partial charge >= 0.3 is 0 Å². The lowest BCUT2D eigenvalue weighted by atomic mass is 10.0. The van der Waals surface area contributed by atoms with Crippen LogP contribution in [0.2, 0.25) is 0 Å². The molecule has 0 aliphatic carbocycles. The zero-order chi connectivity index (χ0) is 14.2. The van der Waals surface area contributed by atoms with Crippen LogP contribution in [0.25, 0.3) is 0 Å². The van der Waals surface area contributed by atoms with Crippen LogP contribution in [0, 0.1) is 0 Å². The summed E-state index contributed by atoms with van der Waals surface area (Å²) in [5.74, 6) is -0.144. The molecule has 0 radical (unpaired) electrons. The molecule has 0 spiro atoms. The Morgan fingerprint density at radius 2 is 2.16 bits per heavy atom. The van der Waals surface area contributed by atoms with E-state index in [-0.39, 0.29) is 17.9 Å². The second-order valence-corrected chi connectivity index (χ2v) is 5.68. The van der Waals surface area contributed by atoms with Gasteiger partial charge in [0.1, 0.15) is 5.54 Å². The molecule has 0 saturated carbocycles. The Morgan fingerprint density at radius 1 is 1.47 bits per heavy atom. The van der Waals surface area contributed by atoms with Crippen LogP contribution in [0.15, 0.2) is 12.4 Å². The second kappa shape index (κ2) is 4.68.